The number of rotatable bonds is 6. The number of carbonyl (C=O) groups excluding carboxylic acids is 1. The van der Waals surface area contributed by atoms with Crippen LogP contribution >= 0.6 is 15.9 Å². The molecule has 2 heterocycles. The minimum Gasteiger partial charge on any atom is -0.481 e. The van der Waals surface area contributed by atoms with Gasteiger partial charge < -0.3 is 9.67 Å². The summed E-state index contributed by atoms with van der Waals surface area (Å²) < 4.78 is 2.85. The third-order valence-corrected chi connectivity index (χ3v) is 5.15. The van der Waals surface area contributed by atoms with E-state index in [1.165, 1.54) is 0 Å². The molecule has 0 amide bonds. The maximum Gasteiger partial charge on any atom is 0.312 e. The number of fused-ring (bicyclic) bond motifs is 1. The molecule has 0 bridgehead atoms. The highest BCUT2D eigenvalue weighted by atomic mass is 79.9. The molecule has 0 saturated carbocycles. The lowest BCUT2D eigenvalue weighted by Gasteiger charge is -2.09. The van der Waals surface area contributed by atoms with Gasteiger partial charge in [-0.15, -0.1) is 0 Å². The molecule has 1 aliphatic heterocycles. The average molecular weight is 390 g/mol. The first kappa shape index (κ1) is 17.0. The van der Waals surface area contributed by atoms with Gasteiger partial charge in [-0.25, -0.2) is 0 Å². The number of ketones is 1. The lowest BCUT2D eigenvalue weighted by atomic mass is 9.99. The van der Waals surface area contributed by atoms with Crippen molar-refractivity contribution in [2.24, 2.45) is 0 Å². The molecule has 0 radical (unpaired) electrons. The van der Waals surface area contributed by atoms with E-state index >= 15 is 0 Å². The number of carboxylic acid groups (broad SMARTS) is 1. The minimum atomic E-state index is -0.809. The molecule has 126 valence electrons. The van der Waals surface area contributed by atoms with Crippen molar-refractivity contribution >= 4 is 27.7 Å². The topological polar surface area (TPSA) is 59.3 Å². The molecule has 0 aliphatic carbocycles. The summed E-state index contributed by atoms with van der Waals surface area (Å²) in [6.45, 7) is 2.70. The second kappa shape index (κ2) is 6.93. The van der Waals surface area contributed by atoms with Gasteiger partial charge in [-0.05, 0) is 55.2 Å². The van der Waals surface area contributed by atoms with E-state index in [0.29, 0.717) is 24.2 Å². The maximum atomic E-state index is 13.1. The summed E-state index contributed by atoms with van der Waals surface area (Å²) in [5.41, 5.74) is 3.06. The summed E-state index contributed by atoms with van der Waals surface area (Å²) in [5.74, 6) is -1.33. The van der Waals surface area contributed by atoms with Crippen LogP contribution in [0, 0.1) is 0 Å². The van der Waals surface area contributed by atoms with Crippen molar-refractivity contribution in [2.75, 3.05) is 0 Å². The number of aromatic nitrogens is 1. The molecule has 5 heteroatoms. The zero-order valence-corrected chi connectivity index (χ0v) is 15.2. The summed E-state index contributed by atoms with van der Waals surface area (Å²) >= 11 is 3.38. The predicted molar refractivity (Wildman–Crippen MR) is 95.6 cm³/mol. The van der Waals surface area contributed by atoms with Crippen LogP contribution in [0.3, 0.4) is 0 Å². The fraction of sp³-hybridized carbons (Fsp3) is 0.368. The molecule has 0 spiro atoms. The lowest BCUT2D eigenvalue weighted by Crippen LogP contribution is -2.11. The van der Waals surface area contributed by atoms with Crippen LogP contribution < -0.4 is 0 Å². The van der Waals surface area contributed by atoms with Gasteiger partial charge in [0.15, 0.2) is 0 Å². The van der Waals surface area contributed by atoms with E-state index in [4.69, 9.17) is 0 Å². The third-order valence-electron chi connectivity index (χ3n) is 4.63. The van der Waals surface area contributed by atoms with Crippen molar-refractivity contribution < 1.29 is 14.7 Å². The highest BCUT2D eigenvalue weighted by Crippen LogP contribution is 2.34. The molecular formula is C19H20BrNO3. The molecule has 1 aromatic heterocycles. The lowest BCUT2D eigenvalue weighted by molar-refractivity contribution is -0.138. The van der Waals surface area contributed by atoms with Gasteiger partial charge in [-0.2, -0.15) is 0 Å². The molecule has 1 atom stereocenters. The van der Waals surface area contributed by atoms with Crippen molar-refractivity contribution in [3.05, 3.63) is 57.3 Å². The maximum absolute atomic E-state index is 13.1. The zero-order chi connectivity index (χ0) is 17.3. The van der Waals surface area contributed by atoms with Crippen LogP contribution in [0.2, 0.25) is 0 Å². The Bertz CT molecular complexity index is 777. The van der Waals surface area contributed by atoms with E-state index < -0.39 is 11.9 Å². The molecule has 2 aromatic rings. The summed E-state index contributed by atoms with van der Waals surface area (Å²) in [4.78, 5) is 24.5. The number of aryl methyl sites for hydroxylation is 1. The number of hydrogen-bond donors (Lipinski definition) is 1. The molecule has 3 rings (SSSR count). The Morgan fingerprint density at radius 1 is 1.29 bits per heavy atom. The van der Waals surface area contributed by atoms with Crippen molar-refractivity contribution in [1.29, 1.82) is 0 Å². The molecule has 1 aromatic carbocycles. The van der Waals surface area contributed by atoms with Crippen molar-refractivity contribution in [3.8, 4) is 0 Å². The van der Waals surface area contributed by atoms with Crippen LogP contribution in [-0.2, 0) is 17.8 Å². The standard InChI is InChI=1S/C19H20BrNO3/c1-2-3-4-13-11-16-15(19(23)24)9-10-21(16)17(13)18(22)12-5-7-14(20)8-6-12/h5-8,11,15H,2-4,9-10H2,1H3,(H,23,24). The van der Waals surface area contributed by atoms with Crippen LogP contribution in [0.25, 0.3) is 0 Å². The van der Waals surface area contributed by atoms with Gasteiger partial charge in [-0.3, -0.25) is 9.59 Å². The van der Waals surface area contributed by atoms with E-state index in [-0.39, 0.29) is 5.78 Å². The summed E-state index contributed by atoms with van der Waals surface area (Å²) in [6, 6.07) is 9.26. The van der Waals surface area contributed by atoms with Gasteiger partial charge in [0.25, 0.3) is 0 Å². The number of aliphatic carboxylic acids is 1. The summed E-state index contributed by atoms with van der Waals surface area (Å²) in [6.07, 6.45) is 3.39. The van der Waals surface area contributed by atoms with Gasteiger partial charge in [-0.1, -0.05) is 29.3 Å². The third kappa shape index (κ3) is 3.05. The number of carboxylic acids is 1. The first-order valence-electron chi connectivity index (χ1n) is 8.28. The Kier molecular flexibility index (Phi) is 4.90. The molecule has 1 aliphatic rings. The molecule has 0 fully saturated rings. The first-order chi connectivity index (χ1) is 11.5. The quantitative estimate of drug-likeness (QED) is 0.744. The van der Waals surface area contributed by atoms with Crippen LogP contribution in [0.5, 0.6) is 0 Å². The highest BCUT2D eigenvalue weighted by Gasteiger charge is 2.34. The Labute approximate surface area is 149 Å². The Balaban J connectivity index is 2.05. The van der Waals surface area contributed by atoms with Crippen molar-refractivity contribution in [1.82, 2.24) is 4.57 Å². The number of carbonyl (C=O) groups is 2. The smallest absolute Gasteiger partial charge is 0.312 e. The van der Waals surface area contributed by atoms with Crippen LogP contribution in [0.1, 0.15) is 59.4 Å². The predicted octanol–water partition coefficient (Wildman–Crippen LogP) is 4.40. The van der Waals surface area contributed by atoms with Crippen LogP contribution in [0.15, 0.2) is 34.8 Å². The van der Waals surface area contributed by atoms with Gasteiger partial charge in [0.1, 0.15) is 0 Å². The van der Waals surface area contributed by atoms with E-state index in [1.807, 2.05) is 22.8 Å². The molecule has 4 nitrogen and oxygen atoms in total. The van der Waals surface area contributed by atoms with Crippen LogP contribution in [0.4, 0.5) is 0 Å². The van der Waals surface area contributed by atoms with E-state index in [2.05, 4.69) is 22.9 Å². The fourth-order valence-electron chi connectivity index (χ4n) is 3.38. The second-order valence-corrected chi connectivity index (χ2v) is 7.13. The highest BCUT2D eigenvalue weighted by molar-refractivity contribution is 9.10. The van der Waals surface area contributed by atoms with E-state index in [1.54, 1.807) is 12.1 Å². The second-order valence-electron chi connectivity index (χ2n) is 6.21. The number of benzene rings is 1. The number of halogens is 1. The Hall–Kier alpha value is -1.88. The van der Waals surface area contributed by atoms with Crippen LogP contribution in [-0.4, -0.2) is 21.4 Å². The number of unbranched alkanes of at least 4 members (excludes halogenated alkanes) is 1. The van der Waals surface area contributed by atoms with Crippen molar-refractivity contribution in [3.63, 3.8) is 0 Å². The Morgan fingerprint density at radius 2 is 2.00 bits per heavy atom. The fourth-order valence-corrected chi connectivity index (χ4v) is 3.64. The minimum absolute atomic E-state index is 0.0223. The van der Waals surface area contributed by atoms with Gasteiger partial charge in [0.05, 0.1) is 11.6 Å². The van der Waals surface area contributed by atoms with Gasteiger partial charge >= 0.3 is 5.97 Å². The molecule has 24 heavy (non-hydrogen) atoms. The largest absolute Gasteiger partial charge is 0.481 e. The Morgan fingerprint density at radius 3 is 2.62 bits per heavy atom. The summed E-state index contributed by atoms with van der Waals surface area (Å²) in [5, 5.41) is 9.42. The number of hydrogen-bond acceptors (Lipinski definition) is 2. The molecular weight excluding hydrogens is 370 g/mol. The number of nitrogens with zero attached hydrogens (tertiary/aromatic N) is 1. The van der Waals surface area contributed by atoms with Gasteiger partial charge in [0.2, 0.25) is 5.78 Å². The first-order valence-corrected chi connectivity index (χ1v) is 9.07. The molecule has 1 unspecified atom stereocenters. The SMILES string of the molecule is CCCCc1cc2n(c1C(=O)c1ccc(Br)cc1)CCC2C(=O)O. The molecule has 0 saturated heterocycles. The van der Waals surface area contributed by atoms with E-state index in [9.17, 15) is 14.7 Å². The van der Waals surface area contributed by atoms with E-state index in [0.717, 1.165) is 35.0 Å². The monoisotopic (exact) mass is 389 g/mol. The van der Waals surface area contributed by atoms with Gasteiger partial charge in [0, 0.05) is 22.3 Å². The molecule has 1 N–H and O–H groups in total. The summed E-state index contributed by atoms with van der Waals surface area (Å²) in [7, 11) is 0. The average Bonchev–Trinajstić information content (AvgIpc) is 3.11. The zero-order valence-electron chi connectivity index (χ0n) is 13.6. The normalized spacial score (nSPS) is 16.2. The van der Waals surface area contributed by atoms with Crippen molar-refractivity contribution in [2.45, 2.75) is 45.1 Å².